The molecule has 0 aliphatic carbocycles. The van der Waals surface area contributed by atoms with E-state index in [4.69, 9.17) is 5.73 Å². The van der Waals surface area contributed by atoms with Crippen molar-refractivity contribution in [1.82, 2.24) is 4.90 Å². The van der Waals surface area contributed by atoms with Crippen LogP contribution in [0.25, 0.3) is 0 Å². The van der Waals surface area contributed by atoms with Gasteiger partial charge in [-0.05, 0) is 43.6 Å². The van der Waals surface area contributed by atoms with Crippen molar-refractivity contribution in [2.45, 2.75) is 6.42 Å². The molecule has 5 heteroatoms. The molecule has 1 aliphatic heterocycles. The molecule has 0 radical (unpaired) electrons. The third kappa shape index (κ3) is 3.51. The zero-order chi connectivity index (χ0) is 13.0. The largest absolute Gasteiger partial charge is 0.330 e. The normalized spacial score (nSPS) is 20.0. The number of carbonyl (C=O) groups is 1. The number of halogens is 1. The van der Waals surface area contributed by atoms with Gasteiger partial charge < -0.3 is 11.1 Å². The van der Waals surface area contributed by atoms with Crippen molar-refractivity contribution in [3.63, 3.8) is 0 Å². The van der Waals surface area contributed by atoms with Gasteiger partial charge in [0, 0.05) is 12.2 Å². The van der Waals surface area contributed by atoms with Crippen LogP contribution in [-0.2, 0) is 4.79 Å². The van der Waals surface area contributed by atoms with Crippen molar-refractivity contribution in [2.24, 2.45) is 11.7 Å². The molecular formula is C13H18FN3O. The number of carbonyl (C=O) groups excluding carboxylic acids is 1. The fraction of sp³-hybridized carbons (Fsp3) is 0.462. The van der Waals surface area contributed by atoms with E-state index in [0.717, 1.165) is 19.5 Å². The van der Waals surface area contributed by atoms with Crippen LogP contribution in [0.5, 0.6) is 0 Å². The number of nitrogens with two attached hydrogens (primary N) is 1. The van der Waals surface area contributed by atoms with Gasteiger partial charge in [-0.15, -0.1) is 0 Å². The predicted octanol–water partition coefficient (Wildman–Crippen LogP) is 1.04. The number of hydrogen-bond donors (Lipinski definition) is 2. The third-order valence-electron chi connectivity index (χ3n) is 3.18. The maximum Gasteiger partial charge on any atom is 0.238 e. The highest BCUT2D eigenvalue weighted by atomic mass is 19.1. The van der Waals surface area contributed by atoms with E-state index in [0.29, 0.717) is 24.7 Å². The van der Waals surface area contributed by atoms with Gasteiger partial charge in [-0.2, -0.15) is 0 Å². The van der Waals surface area contributed by atoms with E-state index in [-0.39, 0.29) is 11.7 Å². The van der Waals surface area contributed by atoms with Crippen LogP contribution in [0.3, 0.4) is 0 Å². The zero-order valence-electron chi connectivity index (χ0n) is 10.2. The summed E-state index contributed by atoms with van der Waals surface area (Å²) in [6.07, 6.45) is 1.05. The van der Waals surface area contributed by atoms with Crippen molar-refractivity contribution < 1.29 is 9.18 Å². The summed E-state index contributed by atoms with van der Waals surface area (Å²) < 4.78 is 12.9. The van der Waals surface area contributed by atoms with Crippen LogP contribution in [0.1, 0.15) is 6.42 Å². The van der Waals surface area contributed by atoms with Gasteiger partial charge in [0.05, 0.1) is 6.54 Å². The summed E-state index contributed by atoms with van der Waals surface area (Å²) in [5.74, 6) is 0.0300. The van der Waals surface area contributed by atoms with E-state index in [1.165, 1.54) is 12.1 Å². The number of anilines is 1. The lowest BCUT2D eigenvalue weighted by molar-refractivity contribution is -0.117. The van der Waals surface area contributed by atoms with Gasteiger partial charge in [-0.1, -0.05) is 6.07 Å². The molecule has 1 aromatic carbocycles. The molecule has 0 saturated carbocycles. The quantitative estimate of drug-likeness (QED) is 0.840. The van der Waals surface area contributed by atoms with E-state index in [1.807, 2.05) is 0 Å². The molecule has 1 atom stereocenters. The van der Waals surface area contributed by atoms with Crippen LogP contribution in [0.15, 0.2) is 24.3 Å². The molecule has 18 heavy (non-hydrogen) atoms. The average molecular weight is 251 g/mol. The summed E-state index contributed by atoms with van der Waals surface area (Å²) in [6, 6.07) is 5.91. The molecule has 0 spiro atoms. The molecule has 1 aliphatic rings. The summed E-state index contributed by atoms with van der Waals surface area (Å²) in [7, 11) is 0. The standard InChI is InChI=1S/C13H18FN3O/c14-11-2-1-3-12(6-11)16-13(18)9-17-5-4-10(7-15)8-17/h1-3,6,10H,4-5,7-9,15H2,(H,16,18). The van der Waals surface area contributed by atoms with Crippen LogP contribution < -0.4 is 11.1 Å². The van der Waals surface area contributed by atoms with Crippen LogP contribution >= 0.6 is 0 Å². The van der Waals surface area contributed by atoms with E-state index in [1.54, 1.807) is 12.1 Å². The van der Waals surface area contributed by atoms with Crippen molar-refractivity contribution >= 4 is 11.6 Å². The van der Waals surface area contributed by atoms with Crippen molar-refractivity contribution in [2.75, 3.05) is 31.5 Å². The Kier molecular flexibility index (Phi) is 4.28. The second-order valence-electron chi connectivity index (χ2n) is 4.68. The summed E-state index contributed by atoms with van der Waals surface area (Å²) in [5.41, 5.74) is 6.09. The minimum absolute atomic E-state index is 0.113. The number of likely N-dealkylation sites (tertiary alicyclic amines) is 1. The monoisotopic (exact) mass is 251 g/mol. The van der Waals surface area contributed by atoms with Gasteiger partial charge in [0.2, 0.25) is 5.91 Å². The van der Waals surface area contributed by atoms with Crippen LogP contribution in [-0.4, -0.2) is 37.0 Å². The molecule has 1 unspecified atom stereocenters. The lowest BCUT2D eigenvalue weighted by Gasteiger charge is -2.15. The number of hydrogen-bond acceptors (Lipinski definition) is 3. The Morgan fingerprint density at radius 2 is 2.39 bits per heavy atom. The summed E-state index contributed by atoms with van der Waals surface area (Å²) in [4.78, 5) is 13.8. The maximum atomic E-state index is 12.9. The smallest absolute Gasteiger partial charge is 0.238 e. The zero-order valence-corrected chi connectivity index (χ0v) is 10.2. The Bertz CT molecular complexity index is 424. The van der Waals surface area contributed by atoms with Crippen molar-refractivity contribution in [3.8, 4) is 0 Å². The lowest BCUT2D eigenvalue weighted by atomic mass is 10.1. The molecule has 1 fully saturated rings. The number of amides is 1. The van der Waals surface area contributed by atoms with E-state index in [2.05, 4.69) is 10.2 Å². The fourth-order valence-electron chi connectivity index (χ4n) is 2.22. The predicted molar refractivity (Wildman–Crippen MR) is 68.6 cm³/mol. The fourth-order valence-corrected chi connectivity index (χ4v) is 2.22. The highest BCUT2D eigenvalue weighted by Gasteiger charge is 2.22. The number of benzene rings is 1. The SMILES string of the molecule is NCC1CCN(CC(=O)Nc2cccc(F)c2)C1. The first-order valence-corrected chi connectivity index (χ1v) is 6.15. The van der Waals surface area contributed by atoms with E-state index >= 15 is 0 Å². The molecule has 98 valence electrons. The minimum Gasteiger partial charge on any atom is -0.330 e. The van der Waals surface area contributed by atoms with Crippen molar-refractivity contribution in [1.29, 1.82) is 0 Å². The third-order valence-corrected chi connectivity index (χ3v) is 3.18. The topological polar surface area (TPSA) is 58.4 Å². The molecule has 4 nitrogen and oxygen atoms in total. The van der Waals surface area contributed by atoms with Gasteiger partial charge >= 0.3 is 0 Å². The lowest BCUT2D eigenvalue weighted by Crippen LogP contribution is -2.32. The van der Waals surface area contributed by atoms with Crippen molar-refractivity contribution in [3.05, 3.63) is 30.1 Å². The molecule has 1 aromatic rings. The highest BCUT2D eigenvalue weighted by molar-refractivity contribution is 5.92. The number of nitrogens with zero attached hydrogens (tertiary/aromatic N) is 1. The van der Waals surface area contributed by atoms with E-state index in [9.17, 15) is 9.18 Å². The first-order chi connectivity index (χ1) is 8.67. The Morgan fingerprint density at radius 3 is 3.06 bits per heavy atom. The highest BCUT2D eigenvalue weighted by Crippen LogP contribution is 2.15. The first kappa shape index (κ1) is 13.0. The molecule has 1 heterocycles. The van der Waals surface area contributed by atoms with Crippen LogP contribution in [0, 0.1) is 11.7 Å². The van der Waals surface area contributed by atoms with Crippen LogP contribution in [0.4, 0.5) is 10.1 Å². The minimum atomic E-state index is -0.350. The number of nitrogens with one attached hydrogen (secondary N) is 1. The molecule has 0 bridgehead atoms. The first-order valence-electron chi connectivity index (χ1n) is 6.15. The molecule has 1 saturated heterocycles. The Morgan fingerprint density at radius 1 is 1.56 bits per heavy atom. The van der Waals surface area contributed by atoms with Gasteiger partial charge in [0.1, 0.15) is 5.82 Å². The average Bonchev–Trinajstić information content (AvgIpc) is 2.76. The molecule has 2 rings (SSSR count). The summed E-state index contributed by atoms with van der Waals surface area (Å²) in [5, 5.41) is 2.69. The Hall–Kier alpha value is -1.46. The second-order valence-corrected chi connectivity index (χ2v) is 4.68. The summed E-state index contributed by atoms with van der Waals surface area (Å²) in [6.45, 7) is 2.78. The van der Waals surface area contributed by atoms with Crippen LogP contribution in [0.2, 0.25) is 0 Å². The van der Waals surface area contributed by atoms with E-state index < -0.39 is 0 Å². The summed E-state index contributed by atoms with van der Waals surface area (Å²) >= 11 is 0. The van der Waals surface area contributed by atoms with Gasteiger partial charge in [0.25, 0.3) is 0 Å². The molecule has 1 amide bonds. The second kappa shape index (κ2) is 5.93. The molecular weight excluding hydrogens is 233 g/mol. The molecule has 0 aromatic heterocycles. The van der Waals surface area contributed by atoms with Gasteiger partial charge in [-0.3, -0.25) is 9.69 Å². The maximum absolute atomic E-state index is 12.9. The van der Waals surface area contributed by atoms with Gasteiger partial charge in [0.15, 0.2) is 0 Å². The number of rotatable bonds is 4. The molecule has 3 N–H and O–H groups in total. The Labute approximate surface area is 106 Å². The van der Waals surface area contributed by atoms with Gasteiger partial charge in [-0.25, -0.2) is 4.39 Å². The Balaban J connectivity index is 1.82.